The molecule has 0 fully saturated rings. The zero-order chi connectivity index (χ0) is 21.3. The van der Waals surface area contributed by atoms with Crippen LogP contribution >= 0.6 is 15.9 Å². The lowest BCUT2D eigenvalue weighted by Crippen LogP contribution is -2.18. The van der Waals surface area contributed by atoms with Gasteiger partial charge in [-0.1, -0.05) is 52.3 Å². The van der Waals surface area contributed by atoms with Gasteiger partial charge in [-0.2, -0.15) is 0 Å². The molecule has 1 aromatic heterocycles. The number of sulfone groups is 1. The predicted molar refractivity (Wildman–Crippen MR) is 121 cm³/mol. The van der Waals surface area contributed by atoms with Crippen molar-refractivity contribution in [2.24, 2.45) is 0 Å². The second-order valence-corrected chi connectivity index (χ2v) is 9.80. The van der Waals surface area contributed by atoms with E-state index in [4.69, 9.17) is 0 Å². The van der Waals surface area contributed by atoms with Crippen LogP contribution in [0.3, 0.4) is 0 Å². The normalized spacial score (nSPS) is 11.5. The zero-order valence-electron chi connectivity index (χ0n) is 16.2. The number of aryl methyl sites for hydroxylation is 1. The molecule has 30 heavy (non-hydrogen) atoms. The number of hydrogen-bond acceptors (Lipinski definition) is 3. The molecule has 0 saturated heterocycles. The van der Waals surface area contributed by atoms with E-state index in [0.717, 1.165) is 15.7 Å². The Labute approximate surface area is 183 Å². The number of anilines is 1. The molecule has 152 valence electrons. The van der Waals surface area contributed by atoms with E-state index >= 15 is 0 Å². The van der Waals surface area contributed by atoms with E-state index in [1.54, 1.807) is 53.2 Å². The van der Waals surface area contributed by atoms with Gasteiger partial charge in [-0.15, -0.1) is 0 Å². The SMILES string of the molecule is Cc1cc(Br)ccc1NC(=O)Cn1cc(S(=O)(=O)c2ccccc2)c2ccccc21. The number of rotatable bonds is 5. The molecule has 0 saturated carbocycles. The minimum atomic E-state index is -3.71. The lowest BCUT2D eigenvalue weighted by molar-refractivity contribution is -0.116. The maximum atomic E-state index is 13.2. The summed E-state index contributed by atoms with van der Waals surface area (Å²) in [6, 6.07) is 21.1. The molecule has 1 heterocycles. The molecule has 0 spiro atoms. The molecule has 3 aromatic carbocycles. The van der Waals surface area contributed by atoms with Crippen molar-refractivity contribution >= 4 is 48.3 Å². The number of carbonyl (C=O) groups is 1. The molecule has 5 nitrogen and oxygen atoms in total. The number of carbonyl (C=O) groups excluding carboxylic acids is 1. The van der Waals surface area contributed by atoms with E-state index in [9.17, 15) is 13.2 Å². The van der Waals surface area contributed by atoms with Gasteiger partial charge in [0.2, 0.25) is 15.7 Å². The topological polar surface area (TPSA) is 68.2 Å². The van der Waals surface area contributed by atoms with Crippen LogP contribution < -0.4 is 5.32 Å². The molecule has 0 unspecified atom stereocenters. The first-order valence-corrected chi connectivity index (χ1v) is 11.6. The number of aromatic nitrogens is 1. The Bertz CT molecular complexity index is 1350. The van der Waals surface area contributed by atoms with E-state index in [-0.39, 0.29) is 22.2 Å². The molecule has 0 radical (unpaired) electrons. The minimum absolute atomic E-state index is 0.000324. The monoisotopic (exact) mass is 482 g/mol. The number of nitrogens with one attached hydrogen (secondary N) is 1. The number of halogens is 1. The van der Waals surface area contributed by atoms with Gasteiger partial charge in [0.15, 0.2) is 0 Å². The van der Waals surface area contributed by atoms with E-state index < -0.39 is 9.84 Å². The molecular formula is C23H19BrN2O3S. The van der Waals surface area contributed by atoms with Crippen LogP contribution in [0.25, 0.3) is 10.9 Å². The van der Waals surface area contributed by atoms with Crippen molar-refractivity contribution in [3.05, 3.63) is 89.0 Å². The molecule has 4 aromatic rings. The summed E-state index contributed by atoms with van der Waals surface area (Å²) in [4.78, 5) is 13.1. The average Bonchev–Trinajstić information content (AvgIpc) is 3.10. The van der Waals surface area contributed by atoms with Crippen LogP contribution in [0.1, 0.15) is 5.56 Å². The summed E-state index contributed by atoms with van der Waals surface area (Å²) in [6.45, 7) is 1.91. The Morgan fingerprint density at radius 1 is 1.00 bits per heavy atom. The largest absolute Gasteiger partial charge is 0.337 e. The summed E-state index contributed by atoms with van der Waals surface area (Å²) in [5.41, 5.74) is 2.34. The second-order valence-electron chi connectivity index (χ2n) is 6.96. The molecule has 0 aliphatic rings. The first kappa shape index (κ1) is 20.4. The lowest BCUT2D eigenvalue weighted by atomic mass is 10.2. The van der Waals surface area contributed by atoms with Crippen LogP contribution in [0.15, 0.2) is 93.3 Å². The number of amides is 1. The minimum Gasteiger partial charge on any atom is -0.337 e. The third-order valence-corrected chi connectivity index (χ3v) is 7.16. The van der Waals surface area contributed by atoms with Gasteiger partial charge in [0.25, 0.3) is 0 Å². The van der Waals surface area contributed by atoms with Gasteiger partial charge in [-0.3, -0.25) is 4.79 Å². The van der Waals surface area contributed by atoms with E-state index in [1.807, 2.05) is 37.3 Å². The summed E-state index contributed by atoms with van der Waals surface area (Å²) in [7, 11) is -3.71. The van der Waals surface area contributed by atoms with Crippen LogP contribution in [0, 0.1) is 6.92 Å². The molecule has 7 heteroatoms. The number of fused-ring (bicyclic) bond motifs is 1. The Morgan fingerprint density at radius 2 is 1.70 bits per heavy atom. The van der Waals surface area contributed by atoms with Crippen molar-refractivity contribution in [2.75, 3.05) is 5.32 Å². The van der Waals surface area contributed by atoms with Crippen molar-refractivity contribution in [1.82, 2.24) is 4.57 Å². The highest BCUT2D eigenvalue weighted by molar-refractivity contribution is 9.10. The maximum absolute atomic E-state index is 13.2. The molecule has 1 amide bonds. The molecule has 0 aliphatic carbocycles. The first-order chi connectivity index (χ1) is 14.4. The quantitative estimate of drug-likeness (QED) is 0.425. The molecule has 4 rings (SSSR count). The van der Waals surface area contributed by atoms with Crippen LogP contribution in [-0.2, 0) is 21.2 Å². The van der Waals surface area contributed by atoms with Crippen LogP contribution in [0.5, 0.6) is 0 Å². The van der Waals surface area contributed by atoms with Crippen LogP contribution in [0.2, 0.25) is 0 Å². The van der Waals surface area contributed by atoms with Gasteiger partial charge in [-0.05, 0) is 48.9 Å². The fourth-order valence-corrected chi connectivity index (χ4v) is 5.37. The average molecular weight is 483 g/mol. The van der Waals surface area contributed by atoms with E-state index in [0.29, 0.717) is 10.9 Å². The second kappa shape index (κ2) is 8.08. The third-order valence-electron chi connectivity index (χ3n) is 4.87. The number of hydrogen-bond donors (Lipinski definition) is 1. The number of benzene rings is 3. The van der Waals surface area contributed by atoms with Gasteiger partial charge in [0.05, 0.1) is 9.79 Å². The highest BCUT2D eigenvalue weighted by atomic mass is 79.9. The van der Waals surface area contributed by atoms with Gasteiger partial charge in [0.1, 0.15) is 6.54 Å². The van der Waals surface area contributed by atoms with Crippen LogP contribution in [-0.4, -0.2) is 18.9 Å². The third kappa shape index (κ3) is 3.91. The highest BCUT2D eigenvalue weighted by Crippen LogP contribution is 2.30. The molecule has 0 bridgehead atoms. The fourth-order valence-electron chi connectivity index (χ4n) is 3.40. The van der Waals surface area contributed by atoms with Gasteiger partial charge < -0.3 is 9.88 Å². The lowest BCUT2D eigenvalue weighted by Gasteiger charge is -2.10. The molecule has 1 N–H and O–H groups in total. The van der Waals surface area contributed by atoms with Crippen molar-refractivity contribution in [3.63, 3.8) is 0 Å². The summed E-state index contributed by atoms with van der Waals surface area (Å²) < 4.78 is 29.0. The number of nitrogens with zero attached hydrogens (tertiary/aromatic N) is 1. The zero-order valence-corrected chi connectivity index (χ0v) is 18.6. The summed E-state index contributed by atoms with van der Waals surface area (Å²) in [5, 5.41) is 3.49. The molecule has 0 aliphatic heterocycles. The highest BCUT2D eigenvalue weighted by Gasteiger charge is 2.23. The Balaban J connectivity index is 1.70. The Morgan fingerprint density at radius 3 is 2.43 bits per heavy atom. The van der Waals surface area contributed by atoms with Crippen molar-refractivity contribution in [1.29, 1.82) is 0 Å². The van der Waals surface area contributed by atoms with Crippen molar-refractivity contribution in [2.45, 2.75) is 23.3 Å². The predicted octanol–water partition coefficient (Wildman–Crippen LogP) is 5.18. The first-order valence-electron chi connectivity index (χ1n) is 9.30. The van der Waals surface area contributed by atoms with Gasteiger partial charge in [-0.25, -0.2) is 8.42 Å². The summed E-state index contributed by atoms with van der Waals surface area (Å²) in [6.07, 6.45) is 1.54. The molecular weight excluding hydrogens is 464 g/mol. The van der Waals surface area contributed by atoms with Crippen molar-refractivity contribution in [3.8, 4) is 0 Å². The summed E-state index contributed by atoms with van der Waals surface area (Å²) >= 11 is 3.41. The van der Waals surface area contributed by atoms with Gasteiger partial charge >= 0.3 is 0 Å². The maximum Gasteiger partial charge on any atom is 0.244 e. The van der Waals surface area contributed by atoms with E-state index in [2.05, 4.69) is 21.2 Å². The smallest absolute Gasteiger partial charge is 0.244 e. The Kier molecular flexibility index (Phi) is 5.49. The summed E-state index contributed by atoms with van der Waals surface area (Å²) in [5.74, 6) is -0.232. The van der Waals surface area contributed by atoms with E-state index in [1.165, 1.54) is 0 Å². The van der Waals surface area contributed by atoms with Crippen molar-refractivity contribution < 1.29 is 13.2 Å². The Hall–Kier alpha value is -2.90. The van der Waals surface area contributed by atoms with Gasteiger partial charge in [0, 0.05) is 27.3 Å². The standard InChI is InChI=1S/C23H19BrN2O3S/c1-16-13-17(24)11-12-20(16)25-23(27)15-26-14-22(19-9-5-6-10-21(19)26)30(28,29)18-7-3-2-4-8-18/h2-14H,15H2,1H3,(H,25,27). The molecule has 0 atom stereocenters. The fraction of sp³-hybridized carbons (Fsp3) is 0.0870. The van der Waals surface area contributed by atoms with Crippen LogP contribution in [0.4, 0.5) is 5.69 Å². The number of para-hydroxylation sites is 1.